The Kier molecular flexibility index (Phi) is 6.58. The van der Waals surface area contributed by atoms with Crippen LogP contribution >= 0.6 is 0 Å². The van der Waals surface area contributed by atoms with Crippen LogP contribution in [0.2, 0.25) is 0 Å². The minimum atomic E-state index is 0.636. The third kappa shape index (κ3) is 5.01. The standard InChI is InChI=1S/C14H21N3O/c1-4-8-16-14(15-2)17-10-12-6-5-7-13(9-12)11-18-3/h4-7,9H,1,8,10-11H2,2-3H3,(H2,15,16,17). The van der Waals surface area contributed by atoms with Crippen LogP contribution in [-0.2, 0) is 17.9 Å². The fraction of sp³-hybridized carbons (Fsp3) is 0.357. The van der Waals surface area contributed by atoms with E-state index in [0.29, 0.717) is 13.2 Å². The Balaban J connectivity index is 2.51. The predicted molar refractivity (Wildman–Crippen MR) is 75.6 cm³/mol. The van der Waals surface area contributed by atoms with Crippen LogP contribution < -0.4 is 10.6 Å². The van der Waals surface area contributed by atoms with Crippen molar-refractivity contribution in [3.05, 3.63) is 48.0 Å². The molecule has 98 valence electrons. The van der Waals surface area contributed by atoms with Gasteiger partial charge in [0.2, 0.25) is 0 Å². The number of hydrogen-bond acceptors (Lipinski definition) is 2. The number of nitrogens with zero attached hydrogens (tertiary/aromatic N) is 1. The van der Waals surface area contributed by atoms with Gasteiger partial charge in [0.1, 0.15) is 0 Å². The van der Waals surface area contributed by atoms with Gasteiger partial charge in [-0.05, 0) is 11.1 Å². The number of rotatable bonds is 6. The first kappa shape index (κ1) is 14.3. The van der Waals surface area contributed by atoms with Crippen molar-refractivity contribution in [2.45, 2.75) is 13.2 Å². The maximum atomic E-state index is 5.12. The summed E-state index contributed by atoms with van der Waals surface area (Å²) in [5.74, 6) is 0.770. The van der Waals surface area contributed by atoms with Gasteiger partial charge in [0.15, 0.2) is 5.96 Å². The minimum Gasteiger partial charge on any atom is -0.380 e. The molecule has 2 N–H and O–H groups in total. The summed E-state index contributed by atoms with van der Waals surface area (Å²) in [6.45, 7) is 5.72. The molecule has 0 heterocycles. The number of nitrogens with one attached hydrogen (secondary N) is 2. The topological polar surface area (TPSA) is 45.7 Å². The van der Waals surface area contributed by atoms with Crippen LogP contribution in [0.1, 0.15) is 11.1 Å². The molecule has 1 rings (SSSR count). The molecule has 4 nitrogen and oxygen atoms in total. The molecule has 1 aromatic carbocycles. The lowest BCUT2D eigenvalue weighted by atomic mass is 10.1. The van der Waals surface area contributed by atoms with Crippen molar-refractivity contribution < 1.29 is 4.74 Å². The molecule has 0 aliphatic rings. The van der Waals surface area contributed by atoms with Gasteiger partial charge in [-0.15, -0.1) is 6.58 Å². The zero-order valence-corrected chi connectivity index (χ0v) is 11.1. The van der Waals surface area contributed by atoms with Crippen molar-refractivity contribution >= 4 is 5.96 Å². The molecule has 0 spiro atoms. The molecule has 0 aliphatic carbocycles. The van der Waals surface area contributed by atoms with E-state index < -0.39 is 0 Å². The van der Waals surface area contributed by atoms with Crippen molar-refractivity contribution in [3.63, 3.8) is 0 Å². The second-order valence-corrected chi connectivity index (χ2v) is 3.85. The first-order chi connectivity index (χ1) is 8.80. The van der Waals surface area contributed by atoms with Crippen molar-refractivity contribution in [3.8, 4) is 0 Å². The Morgan fingerprint density at radius 1 is 1.39 bits per heavy atom. The lowest BCUT2D eigenvalue weighted by Crippen LogP contribution is -2.36. The Bertz CT molecular complexity index is 402. The number of aliphatic imine (C=N–C) groups is 1. The number of benzene rings is 1. The van der Waals surface area contributed by atoms with E-state index in [1.54, 1.807) is 20.2 Å². The average molecular weight is 247 g/mol. The van der Waals surface area contributed by atoms with Gasteiger partial charge >= 0.3 is 0 Å². The molecule has 1 aromatic rings. The van der Waals surface area contributed by atoms with Crippen LogP contribution in [0.5, 0.6) is 0 Å². The van der Waals surface area contributed by atoms with E-state index in [1.807, 2.05) is 6.07 Å². The molecule has 0 saturated carbocycles. The fourth-order valence-electron chi connectivity index (χ4n) is 1.57. The van der Waals surface area contributed by atoms with Crippen molar-refractivity contribution in [1.29, 1.82) is 0 Å². The van der Waals surface area contributed by atoms with Gasteiger partial charge in [0, 0.05) is 27.2 Å². The maximum absolute atomic E-state index is 5.12. The van der Waals surface area contributed by atoms with Gasteiger partial charge in [-0.1, -0.05) is 30.3 Å². The Labute approximate surface area is 109 Å². The molecule has 4 heteroatoms. The third-order valence-corrected chi connectivity index (χ3v) is 2.40. The largest absolute Gasteiger partial charge is 0.380 e. The minimum absolute atomic E-state index is 0.636. The fourth-order valence-corrected chi connectivity index (χ4v) is 1.57. The van der Waals surface area contributed by atoms with Gasteiger partial charge in [0.05, 0.1) is 6.61 Å². The summed E-state index contributed by atoms with van der Waals surface area (Å²) in [6.07, 6.45) is 1.80. The molecule has 0 bridgehead atoms. The first-order valence-corrected chi connectivity index (χ1v) is 5.92. The predicted octanol–water partition coefficient (Wildman–Crippen LogP) is 1.68. The van der Waals surface area contributed by atoms with E-state index in [9.17, 15) is 0 Å². The van der Waals surface area contributed by atoms with Crippen LogP contribution in [0, 0.1) is 0 Å². The van der Waals surface area contributed by atoms with E-state index in [-0.39, 0.29) is 0 Å². The highest BCUT2D eigenvalue weighted by molar-refractivity contribution is 5.79. The molecular weight excluding hydrogens is 226 g/mol. The lowest BCUT2D eigenvalue weighted by molar-refractivity contribution is 0.185. The van der Waals surface area contributed by atoms with Crippen LogP contribution in [0.4, 0.5) is 0 Å². The summed E-state index contributed by atoms with van der Waals surface area (Å²) < 4.78 is 5.12. The van der Waals surface area contributed by atoms with Gasteiger partial charge in [-0.3, -0.25) is 4.99 Å². The normalized spacial score (nSPS) is 11.1. The van der Waals surface area contributed by atoms with Gasteiger partial charge in [-0.25, -0.2) is 0 Å². The van der Waals surface area contributed by atoms with Crippen molar-refractivity contribution in [1.82, 2.24) is 10.6 Å². The van der Waals surface area contributed by atoms with E-state index in [4.69, 9.17) is 4.74 Å². The molecular formula is C14H21N3O. The highest BCUT2D eigenvalue weighted by Gasteiger charge is 1.98. The zero-order chi connectivity index (χ0) is 13.2. The average Bonchev–Trinajstić information content (AvgIpc) is 2.40. The summed E-state index contributed by atoms with van der Waals surface area (Å²) >= 11 is 0. The Hall–Kier alpha value is -1.81. The number of guanidine groups is 1. The smallest absolute Gasteiger partial charge is 0.191 e. The van der Waals surface area contributed by atoms with Crippen LogP contribution in [0.3, 0.4) is 0 Å². The second-order valence-electron chi connectivity index (χ2n) is 3.85. The molecule has 0 fully saturated rings. The molecule has 0 aliphatic heterocycles. The molecule has 0 amide bonds. The molecule has 18 heavy (non-hydrogen) atoms. The third-order valence-electron chi connectivity index (χ3n) is 2.40. The van der Waals surface area contributed by atoms with Gasteiger partial charge in [0.25, 0.3) is 0 Å². The van der Waals surface area contributed by atoms with Crippen molar-refractivity contribution in [2.75, 3.05) is 20.7 Å². The SMILES string of the molecule is C=CCNC(=NC)NCc1cccc(COC)c1. The van der Waals surface area contributed by atoms with Crippen molar-refractivity contribution in [2.24, 2.45) is 4.99 Å². The lowest BCUT2D eigenvalue weighted by Gasteiger charge is -2.11. The Morgan fingerprint density at radius 3 is 2.83 bits per heavy atom. The quantitative estimate of drug-likeness (QED) is 0.457. The summed E-state index contributed by atoms with van der Waals surface area (Å²) in [4.78, 5) is 4.12. The van der Waals surface area contributed by atoms with Gasteiger partial charge in [-0.2, -0.15) is 0 Å². The molecule has 0 radical (unpaired) electrons. The monoisotopic (exact) mass is 247 g/mol. The van der Waals surface area contributed by atoms with Gasteiger partial charge < -0.3 is 15.4 Å². The van der Waals surface area contributed by atoms with E-state index in [1.165, 1.54) is 11.1 Å². The molecule has 0 saturated heterocycles. The van der Waals surface area contributed by atoms with Crippen LogP contribution in [0.15, 0.2) is 41.9 Å². The second kappa shape index (κ2) is 8.31. The summed E-state index contributed by atoms with van der Waals surface area (Å²) in [5.41, 5.74) is 2.37. The zero-order valence-electron chi connectivity index (χ0n) is 11.1. The summed E-state index contributed by atoms with van der Waals surface area (Å²) in [5, 5.41) is 6.37. The van der Waals surface area contributed by atoms with Crippen LogP contribution in [0.25, 0.3) is 0 Å². The highest BCUT2D eigenvalue weighted by atomic mass is 16.5. The van der Waals surface area contributed by atoms with E-state index in [2.05, 4.69) is 40.4 Å². The summed E-state index contributed by atoms with van der Waals surface area (Å²) in [6, 6.07) is 8.29. The number of ether oxygens (including phenoxy) is 1. The summed E-state index contributed by atoms with van der Waals surface area (Å²) in [7, 11) is 3.45. The maximum Gasteiger partial charge on any atom is 0.191 e. The molecule has 0 unspecified atom stereocenters. The Morgan fingerprint density at radius 2 is 2.17 bits per heavy atom. The first-order valence-electron chi connectivity index (χ1n) is 5.92. The number of methoxy groups -OCH3 is 1. The van der Waals surface area contributed by atoms with E-state index in [0.717, 1.165) is 12.5 Å². The molecule has 0 atom stereocenters. The number of hydrogen-bond donors (Lipinski definition) is 2. The van der Waals surface area contributed by atoms with E-state index >= 15 is 0 Å². The highest BCUT2D eigenvalue weighted by Crippen LogP contribution is 2.06. The molecule has 0 aromatic heterocycles. The van der Waals surface area contributed by atoms with Crippen LogP contribution in [-0.4, -0.2) is 26.7 Å².